The van der Waals surface area contributed by atoms with Gasteiger partial charge in [0.2, 0.25) is 0 Å². The molecule has 3 unspecified atom stereocenters. The van der Waals surface area contributed by atoms with Crippen molar-refractivity contribution in [3.05, 3.63) is 129 Å². The third kappa shape index (κ3) is 7.50. The van der Waals surface area contributed by atoms with Crippen molar-refractivity contribution in [3.8, 4) is 22.3 Å². The van der Waals surface area contributed by atoms with Gasteiger partial charge in [0, 0.05) is 0 Å². The number of hydrogen-bond donors (Lipinski definition) is 0. The first-order valence-electron chi connectivity index (χ1n) is 20.0. The Balaban J connectivity index is 0.00000261. The van der Waals surface area contributed by atoms with Gasteiger partial charge in [0.05, 0.1) is 0 Å². The fourth-order valence-electron chi connectivity index (χ4n) is 10.5. The Kier molecular flexibility index (Phi) is 13.0. The van der Waals surface area contributed by atoms with Gasteiger partial charge in [-0.15, -0.1) is 24.8 Å². The van der Waals surface area contributed by atoms with Gasteiger partial charge in [0.1, 0.15) is 0 Å². The summed E-state index contributed by atoms with van der Waals surface area (Å²) in [5.41, 5.74) is 18.1. The minimum Gasteiger partial charge on any atom is -0.147 e. The van der Waals surface area contributed by atoms with E-state index in [1.54, 1.807) is 27.8 Å². The Morgan fingerprint density at radius 1 is 0.673 bits per heavy atom. The van der Waals surface area contributed by atoms with Crippen LogP contribution < -0.4 is 0 Å². The van der Waals surface area contributed by atoms with E-state index in [4.69, 9.17) is 0 Å². The van der Waals surface area contributed by atoms with Crippen LogP contribution in [0.4, 0.5) is 0 Å². The Bertz CT molecular complexity index is 2000. The molecule has 0 N–H and O–H groups in total. The Morgan fingerprint density at radius 2 is 1.21 bits per heavy atom. The van der Waals surface area contributed by atoms with Crippen molar-refractivity contribution in [2.45, 2.75) is 114 Å². The smallest absolute Gasteiger partial charge is 0.147 e. The molecule has 1 saturated carbocycles. The molecule has 0 aliphatic heterocycles. The van der Waals surface area contributed by atoms with E-state index in [9.17, 15) is 0 Å². The molecule has 0 spiro atoms. The third-order valence-corrected chi connectivity index (χ3v) is 30.4. The van der Waals surface area contributed by atoms with Gasteiger partial charge in [-0.05, 0) is 0 Å². The van der Waals surface area contributed by atoms with Crippen LogP contribution >= 0.6 is 24.8 Å². The molecule has 4 aromatic carbocycles. The fraction of sp³-hybridized carbons (Fsp3) is 0.417. The molecular formula is C48H62Cl2SiZr. The maximum absolute atomic E-state index is 3.74. The maximum atomic E-state index is 2.82. The minimum atomic E-state index is -3.74. The molecule has 1 fully saturated rings. The van der Waals surface area contributed by atoms with Crippen LogP contribution in [0, 0.1) is 5.92 Å². The number of benzene rings is 4. The van der Waals surface area contributed by atoms with E-state index in [1.165, 1.54) is 83.9 Å². The molecule has 4 heteroatoms. The summed E-state index contributed by atoms with van der Waals surface area (Å²) in [6, 6.07) is 33.7. The zero-order valence-corrected chi connectivity index (χ0v) is 38.3. The summed E-state index contributed by atoms with van der Waals surface area (Å²) >= 11 is -3.74. The van der Waals surface area contributed by atoms with E-state index in [-0.39, 0.29) is 24.8 Å². The van der Waals surface area contributed by atoms with Gasteiger partial charge in [-0.25, -0.2) is 0 Å². The Labute approximate surface area is 330 Å². The van der Waals surface area contributed by atoms with Crippen LogP contribution in [-0.4, -0.2) is 6.88 Å². The molecule has 3 atom stereocenters. The van der Waals surface area contributed by atoms with Crippen molar-refractivity contribution in [2.24, 2.45) is 5.92 Å². The number of allylic oxidation sites excluding steroid dienone is 2. The van der Waals surface area contributed by atoms with Crippen LogP contribution in [0.5, 0.6) is 0 Å². The average molecular weight is 829 g/mol. The summed E-state index contributed by atoms with van der Waals surface area (Å²) in [4.78, 5) is 0. The average Bonchev–Trinajstić information content (AvgIpc) is 3.73. The van der Waals surface area contributed by atoms with Gasteiger partial charge in [0.25, 0.3) is 0 Å². The molecular weight excluding hydrogens is 767 g/mol. The molecule has 0 saturated heterocycles. The van der Waals surface area contributed by atoms with E-state index in [2.05, 4.69) is 148 Å². The van der Waals surface area contributed by atoms with Crippen LogP contribution in [0.3, 0.4) is 0 Å². The number of fused-ring (bicyclic) bond motifs is 2. The molecule has 52 heavy (non-hydrogen) atoms. The van der Waals surface area contributed by atoms with Crippen molar-refractivity contribution in [3.63, 3.8) is 0 Å². The number of rotatable bonds is 10. The normalized spacial score (nSPS) is 19.2. The van der Waals surface area contributed by atoms with Crippen molar-refractivity contribution in [2.75, 3.05) is 0 Å². The standard InChI is InChI=1S/C23H25.C23H27.2CH3.2ClH.H2Si.Zr/c1-2-17-15-21-9-6-10-22(23(21)16-17)20-13-11-19(12-14-20)18-7-4-3-5-8-18;1-5-7-17(4)21-14-20-8-6-9-22(23(20)15-21)19-12-10-18(11-13-19)16(2)3;;;;;;/h6,9-16,18H,2-5,7-8H2,1H3;6,8-17H,5,7H2,1-4H3;2*1H3;2*1H;1H2;. The first kappa shape index (κ1) is 41.2. The summed E-state index contributed by atoms with van der Waals surface area (Å²) in [7, 11) is 0. The zero-order chi connectivity index (χ0) is 35.2. The van der Waals surface area contributed by atoms with Crippen molar-refractivity contribution >= 4 is 43.8 Å². The van der Waals surface area contributed by atoms with Gasteiger partial charge in [0.15, 0.2) is 0 Å². The summed E-state index contributed by atoms with van der Waals surface area (Å²) in [5, 5.41) is 0. The molecule has 3 aliphatic rings. The molecule has 0 radical (unpaired) electrons. The summed E-state index contributed by atoms with van der Waals surface area (Å²) in [6.45, 7) is 14.4. The van der Waals surface area contributed by atoms with E-state index in [0.29, 0.717) is 19.1 Å². The molecule has 7 rings (SSSR count). The molecule has 0 amide bonds. The maximum Gasteiger partial charge on any atom is -0.147 e. The van der Waals surface area contributed by atoms with E-state index >= 15 is 0 Å². The van der Waals surface area contributed by atoms with Crippen molar-refractivity contribution in [1.82, 2.24) is 0 Å². The molecule has 0 aromatic heterocycles. The predicted octanol–water partition coefficient (Wildman–Crippen LogP) is 14.8. The van der Waals surface area contributed by atoms with E-state index < -0.39 is 17.4 Å². The molecule has 3 aliphatic carbocycles. The topological polar surface area (TPSA) is 0 Å². The number of halogens is 2. The monoisotopic (exact) mass is 826 g/mol. The van der Waals surface area contributed by atoms with Crippen LogP contribution in [0.2, 0.25) is 9.26 Å². The van der Waals surface area contributed by atoms with Gasteiger partial charge in [-0.2, -0.15) is 0 Å². The van der Waals surface area contributed by atoms with Crippen molar-refractivity contribution in [1.29, 1.82) is 0 Å². The first-order valence-corrected chi connectivity index (χ1v) is 33.6. The molecule has 4 aromatic rings. The SMILES string of the molecule is CCCC(C)C1=Cc2c(-c3ccc(C(C)C)cc3)cccc2[CH]1[Zr]([CH3])([CH3])(=[SiH2])[CH]1C(CC)=Cc2c(-c3ccc(C4CCCCC4)cc3)cccc21.Cl.Cl. The van der Waals surface area contributed by atoms with Crippen LogP contribution in [-0.2, 0) is 17.4 Å². The minimum absolute atomic E-state index is 0. The van der Waals surface area contributed by atoms with Crippen molar-refractivity contribution < 1.29 is 17.4 Å². The van der Waals surface area contributed by atoms with Gasteiger partial charge >= 0.3 is 308 Å². The largest absolute Gasteiger partial charge is 0.147 e. The second kappa shape index (κ2) is 16.4. The summed E-state index contributed by atoms with van der Waals surface area (Å²) in [5.74, 6) is 1.87. The quantitative estimate of drug-likeness (QED) is 0.140. The first-order chi connectivity index (χ1) is 24.0. The van der Waals surface area contributed by atoms with Crippen LogP contribution in [0.25, 0.3) is 34.4 Å². The predicted molar refractivity (Wildman–Crippen MR) is 234 cm³/mol. The molecule has 0 bridgehead atoms. The van der Waals surface area contributed by atoms with E-state index in [1.807, 2.05) is 0 Å². The third-order valence-electron chi connectivity index (χ3n) is 13.0. The number of hydrogen-bond acceptors (Lipinski definition) is 0. The van der Waals surface area contributed by atoms with Gasteiger partial charge in [-0.3, -0.25) is 0 Å². The fourth-order valence-corrected chi connectivity index (χ4v) is 30.4. The van der Waals surface area contributed by atoms with Crippen LogP contribution in [0.15, 0.2) is 96.1 Å². The van der Waals surface area contributed by atoms with Crippen LogP contribution in [0.1, 0.15) is 138 Å². The second-order valence-electron chi connectivity index (χ2n) is 17.6. The van der Waals surface area contributed by atoms with Gasteiger partial charge < -0.3 is 0 Å². The second-order valence-corrected chi connectivity index (χ2v) is 48.0. The summed E-state index contributed by atoms with van der Waals surface area (Å²) < 4.78 is 6.72. The molecule has 276 valence electrons. The zero-order valence-electron chi connectivity index (χ0n) is 32.8. The summed E-state index contributed by atoms with van der Waals surface area (Å²) in [6.07, 6.45) is 15.8. The Morgan fingerprint density at radius 3 is 1.75 bits per heavy atom. The molecule has 0 heterocycles. The molecule has 0 nitrogen and oxygen atoms in total. The Hall–Kier alpha value is -1.96. The van der Waals surface area contributed by atoms with Gasteiger partial charge in [-0.1, -0.05) is 0 Å². The van der Waals surface area contributed by atoms with E-state index in [0.717, 1.165) is 12.3 Å².